The molecule has 2 N–H and O–H groups in total. The van der Waals surface area contributed by atoms with E-state index in [9.17, 15) is 9.59 Å². The average molecular weight is 482 g/mol. The number of nitrogens with zero attached hydrogens (tertiary/aromatic N) is 3. The molecule has 7 nitrogen and oxygen atoms in total. The van der Waals surface area contributed by atoms with Crippen LogP contribution in [0.2, 0.25) is 0 Å². The van der Waals surface area contributed by atoms with Crippen molar-refractivity contribution < 1.29 is 9.59 Å². The first-order valence-corrected chi connectivity index (χ1v) is 13.3. The van der Waals surface area contributed by atoms with Gasteiger partial charge in [0.15, 0.2) is 11.2 Å². The van der Waals surface area contributed by atoms with Crippen LogP contribution < -0.4 is 15.6 Å². The fourth-order valence-corrected chi connectivity index (χ4v) is 5.40. The second kappa shape index (κ2) is 11.7. The summed E-state index contributed by atoms with van der Waals surface area (Å²) >= 11 is 1.64. The molecule has 3 heterocycles. The van der Waals surface area contributed by atoms with Crippen molar-refractivity contribution in [2.75, 3.05) is 20.1 Å². The van der Waals surface area contributed by atoms with Crippen molar-refractivity contribution in [1.82, 2.24) is 25.5 Å². The molecule has 0 bridgehead atoms. The van der Waals surface area contributed by atoms with Gasteiger partial charge in [-0.1, -0.05) is 31.9 Å². The van der Waals surface area contributed by atoms with Gasteiger partial charge in [0.1, 0.15) is 11.8 Å². The Morgan fingerprint density at radius 3 is 2.79 bits per heavy atom. The number of hydrogen-bond donors (Lipinski definition) is 2. The van der Waals surface area contributed by atoms with Gasteiger partial charge >= 0.3 is 5.84 Å². The minimum absolute atomic E-state index is 0.0552. The Morgan fingerprint density at radius 2 is 2.03 bits per heavy atom. The fraction of sp³-hybridized carbons (Fsp3) is 0.538. The number of thiazole rings is 1. The van der Waals surface area contributed by atoms with E-state index >= 15 is 0 Å². The number of aliphatic imine (C=N–C) groups is 1. The van der Waals surface area contributed by atoms with Gasteiger partial charge < -0.3 is 10.2 Å². The molecule has 1 aromatic carbocycles. The molecule has 0 aliphatic carbocycles. The number of Topliss-reactive ketones (excluding diaryl/α,β-unsaturated/α-hetero) is 1. The van der Waals surface area contributed by atoms with Crippen LogP contribution >= 0.6 is 11.3 Å². The SMILES string of the molecule is CCC(=O)CCCCC[C@H](NC(=O)C1CCN(C)CC1)C1=[N+]C=C(c2nc3ccccc3s2)N1. The second-order valence-electron chi connectivity index (χ2n) is 9.30. The van der Waals surface area contributed by atoms with Crippen LogP contribution in [-0.4, -0.2) is 53.6 Å². The van der Waals surface area contributed by atoms with E-state index in [2.05, 4.69) is 33.6 Å². The van der Waals surface area contributed by atoms with Crippen LogP contribution in [0.3, 0.4) is 0 Å². The highest BCUT2D eigenvalue weighted by Gasteiger charge is 2.34. The summed E-state index contributed by atoms with van der Waals surface area (Å²) in [7, 11) is 2.10. The summed E-state index contributed by atoms with van der Waals surface area (Å²) in [5, 5.41) is 7.62. The van der Waals surface area contributed by atoms with Gasteiger partial charge in [0.2, 0.25) is 11.6 Å². The van der Waals surface area contributed by atoms with Gasteiger partial charge in [-0.3, -0.25) is 9.59 Å². The molecule has 8 heteroatoms. The normalized spacial score (nSPS) is 17.8. The Hall–Kier alpha value is -2.58. The zero-order valence-corrected chi connectivity index (χ0v) is 21.0. The van der Waals surface area contributed by atoms with Gasteiger partial charge in [-0.2, -0.15) is 0 Å². The van der Waals surface area contributed by atoms with Crippen molar-refractivity contribution >= 4 is 44.8 Å². The number of ketones is 1. The molecule has 2 aliphatic rings. The molecule has 1 fully saturated rings. The molecule has 1 amide bonds. The van der Waals surface area contributed by atoms with Crippen LogP contribution in [0, 0.1) is 5.92 Å². The summed E-state index contributed by atoms with van der Waals surface area (Å²) in [6.07, 6.45) is 8.46. The molecular formula is C26H35N5O2S+. The number of unbranched alkanes of at least 4 members (excludes halogenated alkanes) is 2. The molecule has 0 unspecified atom stereocenters. The van der Waals surface area contributed by atoms with Crippen LogP contribution in [0.1, 0.15) is 63.3 Å². The lowest BCUT2D eigenvalue weighted by Gasteiger charge is -2.29. The number of carbonyl (C=O) groups excluding carboxylic acids is 2. The topological polar surface area (TPSA) is 88.4 Å². The zero-order valence-electron chi connectivity index (χ0n) is 20.2. The molecule has 1 saturated heterocycles. The lowest BCUT2D eigenvalue weighted by atomic mass is 9.95. The number of fused-ring (bicyclic) bond motifs is 1. The number of amidine groups is 1. The maximum absolute atomic E-state index is 13.1. The smallest absolute Gasteiger partial charge is 0.319 e. The van der Waals surface area contributed by atoms with Crippen molar-refractivity contribution in [1.29, 1.82) is 0 Å². The van der Waals surface area contributed by atoms with Crippen molar-refractivity contribution in [3.63, 3.8) is 0 Å². The summed E-state index contributed by atoms with van der Waals surface area (Å²) in [5.74, 6) is 1.27. The Balaban J connectivity index is 1.37. The number of carbonyl (C=O) groups is 2. The molecule has 0 spiro atoms. The van der Waals surface area contributed by atoms with E-state index in [1.54, 1.807) is 11.3 Å². The van der Waals surface area contributed by atoms with E-state index in [1.807, 2.05) is 31.3 Å². The fourth-order valence-electron chi connectivity index (χ4n) is 4.47. The molecule has 1 radical (unpaired) electrons. The van der Waals surface area contributed by atoms with E-state index in [0.717, 1.165) is 78.4 Å². The van der Waals surface area contributed by atoms with Crippen molar-refractivity contribution in [3.8, 4) is 0 Å². The van der Waals surface area contributed by atoms with Crippen molar-refractivity contribution in [2.45, 2.75) is 64.3 Å². The molecule has 181 valence electrons. The minimum atomic E-state index is -0.169. The predicted octanol–water partition coefficient (Wildman–Crippen LogP) is 3.69. The zero-order chi connectivity index (χ0) is 23.9. The number of nitrogens with one attached hydrogen (secondary N) is 2. The standard InChI is InChI=1S/C26H35N5O2S/c1-3-19(32)9-5-4-6-11-21(29-25(33)18-13-15-31(2)16-14-18)24-27-17-22(28-24)26-30-20-10-7-8-12-23(20)34-26/h7-8,10,12,17-18,21,28H,3-6,9,11,13-16H2,1-2H3,(H,29,33)/q+1/t21-/m0/s1. The van der Waals surface area contributed by atoms with E-state index in [0.29, 0.717) is 18.6 Å². The van der Waals surface area contributed by atoms with Crippen LogP contribution in [0.4, 0.5) is 0 Å². The average Bonchev–Trinajstić information content (AvgIpc) is 3.50. The number of aromatic nitrogens is 1. The number of hydrogen-bond acceptors (Lipinski definition) is 7. The maximum atomic E-state index is 13.1. The number of likely N-dealkylation sites (tertiary alicyclic amines) is 1. The Morgan fingerprint density at radius 1 is 1.24 bits per heavy atom. The molecule has 1 aromatic heterocycles. The van der Waals surface area contributed by atoms with Crippen LogP contribution in [0.25, 0.3) is 15.9 Å². The summed E-state index contributed by atoms with van der Waals surface area (Å²) in [6, 6.07) is 7.93. The third kappa shape index (κ3) is 6.30. The minimum Gasteiger partial charge on any atom is -0.342 e. The first kappa shape index (κ1) is 24.5. The van der Waals surface area contributed by atoms with E-state index in [-0.39, 0.29) is 17.9 Å². The summed E-state index contributed by atoms with van der Waals surface area (Å²) in [5.41, 5.74) is 1.86. The third-order valence-electron chi connectivity index (χ3n) is 6.70. The van der Waals surface area contributed by atoms with E-state index < -0.39 is 0 Å². The molecule has 0 saturated carbocycles. The Bertz CT molecular complexity index is 1040. The monoisotopic (exact) mass is 481 g/mol. The quantitative estimate of drug-likeness (QED) is 0.478. The van der Waals surface area contributed by atoms with Crippen molar-refractivity contribution in [2.24, 2.45) is 5.92 Å². The number of rotatable bonds is 11. The molecule has 2 aromatic rings. The van der Waals surface area contributed by atoms with Gasteiger partial charge in [-0.05, 0) is 62.9 Å². The van der Waals surface area contributed by atoms with Crippen LogP contribution in [0.15, 0.2) is 30.5 Å². The Labute approximate surface area is 205 Å². The summed E-state index contributed by atoms with van der Waals surface area (Å²) < 4.78 is 1.14. The van der Waals surface area contributed by atoms with Gasteiger partial charge in [-0.25, -0.2) is 10.3 Å². The molecular weight excluding hydrogens is 446 g/mol. The summed E-state index contributed by atoms with van der Waals surface area (Å²) in [6.45, 7) is 3.82. The first-order chi connectivity index (χ1) is 16.5. The third-order valence-corrected chi connectivity index (χ3v) is 7.77. The highest BCUT2D eigenvalue weighted by atomic mass is 32.1. The molecule has 34 heavy (non-hydrogen) atoms. The number of para-hydroxylation sites is 1. The number of benzene rings is 1. The van der Waals surface area contributed by atoms with E-state index in [4.69, 9.17) is 4.98 Å². The maximum Gasteiger partial charge on any atom is 0.319 e. The predicted molar refractivity (Wildman–Crippen MR) is 138 cm³/mol. The molecule has 1 atom stereocenters. The highest BCUT2D eigenvalue weighted by molar-refractivity contribution is 7.19. The highest BCUT2D eigenvalue weighted by Crippen LogP contribution is 2.26. The number of amides is 1. The van der Waals surface area contributed by atoms with Crippen LogP contribution in [0.5, 0.6) is 0 Å². The van der Waals surface area contributed by atoms with Gasteiger partial charge in [0.25, 0.3) is 0 Å². The van der Waals surface area contributed by atoms with Crippen molar-refractivity contribution in [3.05, 3.63) is 35.5 Å². The van der Waals surface area contributed by atoms with Gasteiger partial charge in [0, 0.05) is 18.8 Å². The van der Waals surface area contributed by atoms with E-state index in [1.165, 1.54) is 0 Å². The Kier molecular flexibility index (Phi) is 8.45. The van der Waals surface area contributed by atoms with Gasteiger partial charge in [0.05, 0.1) is 10.2 Å². The largest absolute Gasteiger partial charge is 0.342 e. The molecule has 4 rings (SSSR count). The van der Waals surface area contributed by atoms with Crippen LogP contribution in [-0.2, 0) is 9.59 Å². The lowest BCUT2D eigenvalue weighted by Crippen LogP contribution is -2.49. The summed E-state index contributed by atoms with van der Waals surface area (Å²) in [4.78, 5) is 36.3. The lowest BCUT2D eigenvalue weighted by molar-refractivity contribution is -0.126. The number of piperidine rings is 1. The molecule has 2 aliphatic heterocycles. The first-order valence-electron chi connectivity index (χ1n) is 12.4. The van der Waals surface area contributed by atoms with Gasteiger partial charge in [-0.15, -0.1) is 11.3 Å². The second-order valence-corrected chi connectivity index (χ2v) is 10.3.